The van der Waals surface area contributed by atoms with Crippen LogP contribution in [0.4, 0.5) is 13.2 Å². The molecule has 1 aromatic heterocycles. The fourth-order valence-electron chi connectivity index (χ4n) is 4.62. The van der Waals surface area contributed by atoms with E-state index in [9.17, 15) is 18.3 Å². The first-order chi connectivity index (χ1) is 16.1. The molecule has 0 unspecified atom stereocenters. The van der Waals surface area contributed by atoms with Gasteiger partial charge in [0.15, 0.2) is 10.9 Å². The summed E-state index contributed by atoms with van der Waals surface area (Å²) in [4.78, 5) is 2.46. The van der Waals surface area contributed by atoms with E-state index in [1.807, 2.05) is 0 Å². The molecule has 12 heteroatoms. The molecule has 1 aromatic carbocycles. The van der Waals surface area contributed by atoms with Crippen LogP contribution < -0.4 is 5.73 Å². The zero-order valence-electron chi connectivity index (χ0n) is 20.0. The van der Waals surface area contributed by atoms with E-state index in [0.717, 1.165) is 55.4 Å². The van der Waals surface area contributed by atoms with Crippen molar-refractivity contribution in [3.8, 4) is 0 Å². The van der Waals surface area contributed by atoms with Crippen LogP contribution in [0.1, 0.15) is 49.1 Å². The molecule has 1 saturated carbocycles. The van der Waals surface area contributed by atoms with Gasteiger partial charge in [0.2, 0.25) is 5.82 Å². The first kappa shape index (κ1) is 29.7. The summed E-state index contributed by atoms with van der Waals surface area (Å²) in [6.07, 6.45) is 0.562. The number of rotatable bonds is 7. The highest BCUT2D eigenvalue weighted by molar-refractivity contribution is 7.99. The molecule has 4 rings (SSSR count). The van der Waals surface area contributed by atoms with Gasteiger partial charge in [0.05, 0.1) is 11.3 Å². The molecule has 3 N–H and O–H groups in total. The third-order valence-corrected chi connectivity index (χ3v) is 7.67. The van der Waals surface area contributed by atoms with Gasteiger partial charge >= 0.3 is 6.18 Å². The van der Waals surface area contributed by atoms with E-state index in [2.05, 4.69) is 27.7 Å². The normalized spacial score (nSPS) is 22.3. The number of hydrogen-bond acceptors (Lipinski definition) is 7. The molecule has 0 bridgehead atoms. The number of thiol groups is 1. The van der Waals surface area contributed by atoms with Crippen LogP contribution in [0.15, 0.2) is 35.1 Å². The molecular weight excluding hydrogens is 519 g/mol. The molecule has 2 aromatic rings. The van der Waals surface area contributed by atoms with E-state index >= 15 is 0 Å². The minimum Gasteiger partial charge on any atom is -0.503 e. The third-order valence-electron chi connectivity index (χ3n) is 6.56. The van der Waals surface area contributed by atoms with Gasteiger partial charge in [0, 0.05) is 19.3 Å². The van der Waals surface area contributed by atoms with Gasteiger partial charge in [-0.2, -0.15) is 25.8 Å². The summed E-state index contributed by atoms with van der Waals surface area (Å²) >= 11 is 5.12. The molecule has 2 aliphatic rings. The maximum absolute atomic E-state index is 12.8. The maximum Gasteiger partial charge on any atom is 0.416 e. The Hall–Kier alpha value is -1.56. The first-order valence-corrected chi connectivity index (χ1v) is 13.0. The molecule has 1 aliphatic carbocycles. The molecule has 0 radical (unpaired) electrons. The molecule has 1 spiro atoms. The lowest BCUT2D eigenvalue weighted by Crippen LogP contribution is -2.23. The van der Waals surface area contributed by atoms with Crippen molar-refractivity contribution in [2.75, 3.05) is 31.6 Å². The van der Waals surface area contributed by atoms with E-state index in [1.54, 1.807) is 48.7 Å². The number of allylic oxidation sites excluding steroid dienone is 1. The van der Waals surface area contributed by atoms with E-state index in [0.29, 0.717) is 17.4 Å². The Morgan fingerprint density at radius 1 is 1.26 bits per heavy atom. The molecule has 196 valence electrons. The minimum atomic E-state index is -4.28. The Morgan fingerprint density at radius 3 is 2.51 bits per heavy atom. The minimum absolute atomic E-state index is 0. The number of aliphatic hydroxyl groups is 1. The van der Waals surface area contributed by atoms with Crippen molar-refractivity contribution in [1.82, 2.24) is 19.7 Å². The molecule has 1 saturated heterocycles. The van der Waals surface area contributed by atoms with Gasteiger partial charge in [-0.1, -0.05) is 23.9 Å². The van der Waals surface area contributed by atoms with Crippen LogP contribution in [0, 0.1) is 5.41 Å². The van der Waals surface area contributed by atoms with Gasteiger partial charge < -0.3 is 20.3 Å². The molecule has 1 aliphatic heterocycles. The van der Waals surface area contributed by atoms with Crippen LogP contribution in [0.25, 0.3) is 5.76 Å². The number of likely N-dealkylation sites (tertiary alicyclic amines) is 1. The van der Waals surface area contributed by atoms with Crippen molar-refractivity contribution < 1.29 is 18.3 Å². The highest BCUT2D eigenvalue weighted by Crippen LogP contribution is 2.64. The summed E-state index contributed by atoms with van der Waals surface area (Å²) in [5.41, 5.74) is 6.60. The lowest BCUT2D eigenvalue weighted by atomic mass is 9.97. The van der Waals surface area contributed by atoms with Crippen LogP contribution in [0.5, 0.6) is 0 Å². The van der Waals surface area contributed by atoms with Crippen LogP contribution in [-0.2, 0) is 13.2 Å². The molecule has 6 nitrogen and oxygen atoms in total. The fourth-order valence-corrected chi connectivity index (χ4v) is 5.46. The number of halogens is 4. The highest BCUT2D eigenvalue weighted by atomic mass is 35.5. The Balaban J connectivity index is 0.00000140. The summed E-state index contributed by atoms with van der Waals surface area (Å²) in [5, 5.41) is 18.8. The SMILES string of the molecule is C/C(N)=C(/O)c1nnc(SCCCN2CC[C@]3(C[C@@H]3c3ccc(C(F)(F)F)cc3)C2)n1C.CS.Cl. The Morgan fingerprint density at radius 2 is 1.91 bits per heavy atom. The number of alkyl halides is 3. The topological polar surface area (TPSA) is 80.2 Å². The first-order valence-electron chi connectivity index (χ1n) is 11.1. The standard InChI is InChI=1S/C22H28F3N5OS.CH4S.ClH/c1-14(26)18(31)19-27-28-20(29(19)2)32-11-3-9-30-10-8-21(13-30)12-17(21)15-4-6-16(7-5-15)22(23,24)25;1-2;/h4-7,17,31H,3,8-13,26H2,1-2H3;2H,1H3;1H/b18-14-;;/t17-,21+;;/m1../s1. The smallest absolute Gasteiger partial charge is 0.416 e. The van der Waals surface area contributed by atoms with Gasteiger partial charge in [-0.3, -0.25) is 0 Å². The molecule has 2 heterocycles. The predicted octanol–water partition coefficient (Wildman–Crippen LogP) is 5.37. The number of aromatic nitrogens is 3. The summed E-state index contributed by atoms with van der Waals surface area (Å²) in [7, 11) is 1.80. The van der Waals surface area contributed by atoms with E-state index < -0.39 is 11.7 Å². The fraction of sp³-hybridized carbons (Fsp3) is 0.565. The Labute approximate surface area is 220 Å². The zero-order valence-corrected chi connectivity index (χ0v) is 22.6. The highest BCUT2D eigenvalue weighted by Gasteiger charge is 2.57. The molecular formula is C23H33ClF3N5OS2. The van der Waals surface area contributed by atoms with Gasteiger partial charge in [0.25, 0.3) is 0 Å². The number of benzene rings is 1. The van der Waals surface area contributed by atoms with E-state index in [1.165, 1.54) is 12.1 Å². The average Bonchev–Trinajstić information content (AvgIpc) is 3.16. The summed E-state index contributed by atoms with van der Waals surface area (Å²) in [6, 6.07) is 5.70. The van der Waals surface area contributed by atoms with Crippen molar-refractivity contribution in [3.05, 3.63) is 46.9 Å². The van der Waals surface area contributed by atoms with Crippen LogP contribution in [0.3, 0.4) is 0 Å². The lowest BCUT2D eigenvalue weighted by molar-refractivity contribution is -0.137. The number of thioether (sulfide) groups is 1. The van der Waals surface area contributed by atoms with Crippen molar-refractivity contribution >= 4 is 42.6 Å². The molecule has 2 atom stereocenters. The quantitative estimate of drug-likeness (QED) is 0.186. The predicted molar refractivity (Wildman–Crippen MR) is 140 cm³/mol. The van der Waals surface area contributed by atoms with Crippen molar-refractivity contribution in [1.29, 1.82) is 0 Å². The van der Waals surface area contributed by atoms with Gasteiger partial charge in [-0.25, -0.2) is 0 Å². The summed E-state index contributed by atoms with van der Waals surface area (Å²) in [6.45, 7) is 4.63. The lowest BCUT2D eigenvalue weighted by Gasteiger charge is -2.16. The molecule has 0 amide bonds. The van der Waals surface area contributed by atoms with Gasteiger partial charge in [-0.15, -0.1) is 22.6 Å². The Bertz CT molecular complexity index is 1010. The summed E-state index contributed by atoms with van der Waals surface area (Å²) < 4.78 is 40.1. The number of nitrogens with zero attached hydrogens (tertiary/aromatic N) is 4. The third kappa shape index (κ3) is 6.81. The molecule has 2 fully saturated rings. The largest absolute Gasteiger partial charge is 0.503 e. The molecule has 35 heavy (non-hydrogen) atoms. The zero-order chi connectivity index (χ0) is 25.1. The van der Waals surface area contributed by atoms with E-state index in [4.69, 9.17) is 5.73 Å². The van der Waals surface area contributed by atoms with Crippen molar-refractivity contribution in [3.63, 3.8) is 0 Å². The number of aliphatic hydroxyl groups excluding tert-OH is 1. The number of nitrogens with two attached hydrogens (primary N) is 1. The second-order valence-electron chi connectivity index (χ2n) is 8.86. The van der Waals surface area contributed by atoms with Crippen molar-refractivity contribution in [2.24, 2.45) is 18.2 Å². The summed E-state index contributed by atoms with van der Waals surface area (Å²) in [5.74, 6) is 1.55. The average molecular weight is 552 g/mol. The van der Waals surface area contributed by atoms with E-state index in [-0.39, 0.29) is 23.6 Å². The Kier molecular flexibility index (Phi) is 10.3. The monoisotopic (exact) mass is 551 g/mol. The van der Waals surface area contributed by atoms with Gasteiger partial charge in [-0.05, 0) is 74.6 Å². The van der Waals surface area contributed by atoms with Crippen LogP contribution >= 0.6 is 36.8 Å². The number of hydrogen-bond donors (Lipinski definition) is 3. The van der Waals surface area contributed by atoms with Crippen LogP contribution in [-0.4, -0.2) is 56.4 Å². The maximum atomic E-state index is 12.8. The second kappa shape index (κ2) is 12.1. The van der Waals surface area contributed by atoms with Crippen LogP contribution in [0.2, 0.25) is 0 Å². The van der Waals surface area contributed by atoms with Gasteiger partial charge in [0.1, 0.15) is 0 Å². The second-order valence-corrected chi connectivity index (χ2v) is 9.93. The van der Waals surface area contributed by atoms with Crippen molar-refractivity contribution in [2.45, 2.75) is 43.4 Å².